The van der Waals surface area contributed by atoms with Crippen molar-refractivity contribution in [2.75, 3.05) is 43.4 Å². The van der Waals surface area contributed by atoms with Crippen molar-refractivity contribution < 1.29 is 22.4 Å². The van der Waals surface area contributed by atoms with Gasteiger partial charge >= 0.3 is 6.18 Å². The largest absolute Gasteiger partial charge is 0.418 e. The van der Waals surface area contributed by atoms with Gasteiger partial charge in [-0.1, -0.05) is 0 Å². The Bertz CT molecular complexity index is 997. The van der Waals surface area contributed by atoms with Crippen molar-refractivity contribution in [1.82, 2.24) is 4.90 Å². The van der Waals surface area contributed by atoms with E-state index in [4.69, 9.17) is 0 Å². The molecule has 0 radical (unpaired) electrons. The van der Waals surface area contributed by atoms with Gasteiger partial charge in [-0.05, 0) is 49.0 Å². The number of carbonyl (C=O) groups excluding carboxylic acids is 1. The van der Waals surface area contributed by atoms with Crippen LogP contribution < -0.4 is 10.2 Å². The summed E-state index contributed by atoms with van der Waals surface area (Å²) in [6.07, 6.45) is -3.28. The van der Waals surface area contributed by atoms with Crippen LogP contribution >= 0.6 is 0 Å². The average Bonchev–Trinajstić information content (AvgIpc) is 3.00. The maximum absolute atomic E-state index is 13.7. The molecule has 1 unspecified atom stereocenters. The molecule has 1 fully saturated rings. The summed E-state index contributed by atoms with van der Waals surface area (Å²) in [7, 11) is 1.93. The van der Waals surface area contributed by atoms with Crippen molar-refractivity contribution >= 4 is 29.2 Å². The number of piperazine rings is 1. The summed E-state index contributed by atoms with van der Waals surface area (Å²) in [4.78, 5) is 20.1. The van der Waals surface area contributed by atoms with E-state index in [0.717, 1.165) is 6.07 Å². The number of aliphatic imine (C=N–C) groups is 1. The molecule has 2 heterocycles. The van der Waals surface area contributed by atoms with Crippen LogP contribution in [0.4, 0.5) is 34.6 Å². The molecular formula is C21H20F4N4O. The van der Waals surface area contributed by atoms with Crippen LogP contribution in [0.15, 0.2) is 41.4 Å². The second-order valence-electron chi connectivity index (χ2n) is 7.47. The highest BCUT2D eigenvalue weighted by Gasteiger charge is 2.36. The van der Waals surface area contributed by atoms with Crippen molar-refractivity contribution in [2.45, 2.75) is 12.1 Å². The molecule has 30 heavy (non-hydrogen) atoms. The molecule has 0 bridgehead atoms. The lowest BCUT2D eigenvalue weighted by molar-refractivity contribution is -0.137. The Labute approximate surface area is 171 Å². The summed E-state index contributed by atoms with van der Waals surface area (Å²) in [5.41, 5.74) is 0.329. The van der Waals surface area contributed by atoms with Crippen LogP contribution in [0.2, 0.25) is 0 Å². The zero-order valence-corrected chi connectivity index (χ0v) is 16.2. The molecule has 0 aromatic heterocycles. The van der Waals surface area contributed by atoms with Gasteiger partial charge in [0.1, 0.15) is 11.7 Å². The van der Waals surface area contributed by atoms with Crippen molar-refractivity contribution in [3.05, 3.63) is 53.3 Å². The highest BCUT2D eigenvalue weighted by Crippen LogP contribution is 2.39. The number of fused-ring (bicyclic) bond motifs is 1. The van der Waals surface area contributed by atoms with Crippen molar-refractivity contribution in [3.63, 3.8) is 0 Å². The third-order valence-electron chi connectivity index (χ3n) is 5.39. The lowest BCUT2D eigenvalue weighted by Crippen LogP contribution is -2.45. The fourth-order valence-electron chi connectivity index (χ4n) is 3.72. The third kappa shape index (κ3) is 4.02. The zero-order chi connectivity index (χ0) is 21.5. The Morgan fingerprint density at radius 1 is 1.10 bits per heavy atom. The second-order valence-corrected chi connectivity index (χ2v) is 7.47. The minimum absolute atomic E-state index is 0.0813. The standard InChI is InChI=1S/C21H20F4N4O/c1-28-6-8-29(9-7-28)19-5-3-14(11-17(19)21(23,24)25)26-12-16-15-10-13(22)2-4-18(15)27-20(16)30/h2-5,10-12,16H,6-9H2,1H3,(H,27,30). The first-order valence-electron chi connectivity index (χ1n) is 9.51. The van der Waals surface area contributed by atoms with Gasteiger partial charge in [0.05, 0.1) is 11.3 Å². The van der Waals surface area contributed by atoms with E-state index in [1.807, 2.05) is 7.05 Å². The first kappa shape index (κ1) is 20.3. The van der Waals surface area contributed by atoms with E-state index in [1.54, 1.807) is 4.90 Å². The number of halogens is 4. The molecule has 158 valence electrons. The van der Waals surface area contributed by atoms with E-state index >= 15 is 0 Å². The van der Waals surface area contributed by atoms with E-state index < -0.39 is 29.4 Å². The van der Waals surface area contributed by atoms with E-state index in [9.17, 15) is 22.4 Å². The normalized spacial score (nSPS) is 20.0. The van der Waals surface area contributed by atoms with Gasteiger partial charge in [-0.15, -0.1) is 0 Å². The highest BCUT2D eigenvalue weighted by atomic mass is 19.4. The van der Waals surface area contributed by atoms with Crippen molar-refractivity contribution in [1.29, 1.82) is 0 Å². The number of likely N-dealkylation sites (N-methyl/N-ethyl adjacent to an activating group) is 1. The van der Waals surface area contributed by atoms with Gasteiger partial charge in [0.25, 0.3) is 0 Å². The summed E-state index contributed by atoms with van der Waals surface area (Å²) >= 11 is 0. The molecule has 1 saturated heterocycles. The fourth-order valence-corrected chi connectivity index (χ4v) is 3.72. The highest BCUT2D eigenvalue weighted by molar-refractivity contribution is 6.12. The van der Waals surface area contributed by atoms with Gasteiger partial charge in [0, 0.05) is 43.8 Å². The van der Waals surface area contributed by atoms with E-state index in [2.05, 4.69) is 15.2 Å². The molecule has 2 aliphatic rings. The van der Waals surface area contributed by atoms with Crippen LogP contribution in [0.1, 0.15) is 17.0 Å². The number of hydrogen-bond donors (Lipinski definition) is 1. The Kier molecular flexibility index (Phi) is 5.23. The molecule has 0 spiro atoms. The lowest BCUT2D eigenvalue weighted by Gasteiger charge is -2.35. The van der Waals surface area contributed by atoms with Gasteiger partial charge in [-0.25, -0.2) is 4.39 Å². The molecule has 1 amide bonds. The predicted molar refractivity (Wildman–Crippen MR) is 107 cm³/mol. The van der Waals surface area contributed by atoms with Gasteiger partial charge < -0.3 is 15.1 Å². The SMILES string of the molecule is CN1CCN(c2ccc(N=CC3C(=O)Nc4ccc(F)cc43)cc2C(F)(F)F)CC1. The number of anilines is 2. The first-order valence-corrected chi connectivity index (χ1v) is 9.51. The van der Waals surface area contributed by atoms with Crippen LogP contribution in [-0.4, -0.2) is 50.2 Å². The van der Waals surface area contributed by atoms with Crippen LogP contribution in [0.25, 0.3) is 0 Å². The van der Waals surface area contributed by atoms with Crippen LogP contribution in [-0.2, 0) is 11.0 Å². The number of carbonyl (C=O) groups is 1. The fraction of sp³-hybridized carbons (Fsp3) is 0.333. The quantitative estimate of drug-likeness (QED) is 0.603. The van der Waals surface area contributed by atoms with E-state index in [1.165, 1.54) is 36.5 Å². The monoisotopic (exact) mass is 420 g/mol. The summed E-state index contributed by atoms with van der Waals surface area (Å²) in [5, 5.41) is 2.61. The number of alkyl halides is 3. The molecule has 5 nitrogen and oxygen atoms in total. The number of benzene rings is 2. The number of nitrogens with one attached hydrogen (secondary N) is 1. The van der Waals surface area contributed by atoms with Crippen molar-refractivity contribution in [3.8, 4) is 0 Å². The molecule has 0 aliphatic carbocycles. The van der Waals surface area contributed by atoms with Gasteiger partial charge in [0.2, 0.25) is 5.91 Å². The van der Waals surface area contributed by atoms with E-state index in [-0.39, 0.29) is 11.4 Å². The summed E-state index contributed by atoms with van der Waals surface area (Å²) in [6.45, 7) is 2.38. The van der Waals surface area contributed by atoms with Gasteiger partial charge in [0.15, 0.2) is 0 Å². The molecular weight excluding hydrogens is 400 g/mol. The molecule has 4 rings (SSSR count). The first-order chi connectivity index (χ1) is 14.2. The Morgan fingerprint density at radius 2 is 1.83 bits per heavy atom. The number of nitrogens with zero attached hydrogens (tertiary/aromatic N) is 3. The molecule has 2 aliphatic heterocycles. The van der Waals surface area contributed by atoms with Crippen LogP contribution in [0.5, 0.6) is 0 Å². The minimum Gasteiger partial charge on any atom is -0.368 e. The second kappa shape index (κ2) is 7.71. The minimum atomic E-state index is -4.54. The van der Waals surface area contributed by atoms with Crippen LogP contribution in [0, 0.1) is 5.82 Å². The van der Waals surface area contributed by atoms with Crippen LogP contribution in [0.3, 0.4) is 0 Å². The van der Waals surface area contributed by atoms with Gasteiger partial charge in [-0.3, -0.25) is 9.79 Å². The average molecular weight is 420 g/mol. The summed E-state index contributed by atoms with van der Waals surface area (Å²) in [6, 6.07) is 7.81. The molecule has 0 saturated carbocycles. The van der Waals surface area contributed by atoms with Crippen molar-refractivity contribution in [2.24, 2.45) is 4.99 Å². The molecule has 1 N–H and O–H groups in total. The Balaban J connectivity index is 1.63. The van der Waals surface area contributed by atoms with Gasteiger partial charge in [-0.2, -0.15) is 13.2 Å². The maximum atomic E-state index is 13.7. The maximum Gasteiger partial charge on any atom is 0.418 e. The Hall–Kier alpha value is -2.94. The smallest absolute Gasteiger partial charge is 0.368 e. The molecule has 1 atom stereocenters. The summed E-state index contributed by atoms with van der Waals surface area (Å²) < 4.78 is 54.7. The molecule has 2 aromatic rings. The summed E-state index contributed by atoms with van der Waals surface area (Å²) in [5.74, 6) is -1.76. The predicted octanol–water partition coefficient (Wildman–Crippen LogP) is 4.03. The third-order valence-corrected chi connectivity index (χ3v) is 5.39. The zero-order valence-electron chi connectivity index (χ0n) is 16.2. The number of rotatable bonds is 3. The molecule has 9 heteroatoms. The topological polar surface area (TPSA) is 47.9 Å². The Morgan fingerprint density at radius 3 is 2.53 bits per heavy atom. The van der Waals surface area contributed by atoms with E-state index in [0.29, 0.717) is 37.4 Å². The number of hydrogen-bond acceptors (Lipinski definition) is 4. The lowest BCUT2D eigenvalue weighted by atomic mass is 10.0. The molecule has 2 aromatic carbocycles. The number of amides is 1.